The van der Waals surface area contributed by atoms with E-state index in [0.29, 0.717) is 28.1 Å². The van der Waals surface area contributed by atoms with E-state index in [4.69, 9.17) is 9.47 Å². The molecule has 3 aromatic rings. The Morgan fingerprint density at radius 1 is 1.11 bits per heavy atom. The highest BCUT2D eigenvalue weighted by Gasteiger charge is 2.39. The topological polar surface area (TPSA) is 84.9 Å². The summed E-state index contributed by atoms with van der Waals surface area (Å²) in [6.45, 7) is 3.75. The lowest BCUT2D eigenvalue weighted by atomic mass is 9.72. The second-order valence-corrected chi connectivity index (χ2v) is 10.1. The van der Waals surface area contributed by atoms with Crippen molar-refractivity contribution in [2.45, 2.75) is 50.7 Å². The van der Waals surface area contributed by atoms with E-state index in [0.717, 1.165) is 0 Å². The normalized spacial score (nSPS) is 14.5. The van der Waals surface area contributed by atoms with Gasteiger partial charge in [0.1, 0.15) is 24.0 Å². The van der Waals surface area contributed by atoms with E-state index in [1.807, 2.05) is 13.8 Å². The molecule has 194 valence electrons. The van der Waals surface area contributed by atoms with E-state index in [1.54, 1.807) is 36.4 Å². The standard InChI is InChI=1S/C29H29F2NO5/c1-28(2,23-13-20(30)8-11-25(23)36-3)17-29(35,14-18-6-4-5-7-24(18)31)15-26(33)32-21-9-10-22-19(12-21)16-37-27(22)34/h4-13,35H,14-17H2,1-3H3,(H,32,33). The van der Waals surface area contributed by atoms with Crippen LogP contribution in [0.1, 0.15) is 53.7 Å². The Labute approximate surface area is 214 Å². The van der Waals surface area contributed by atoms with Crippen molar-refractivity contribution in [3.63, 3.8) is 0 Å². The van der Waals surface area contributed by atoms with Crippen LogP contribution in [0.5, 0.6) is 5.75 Å². The van der Waals surface area contributed by atoms with Gasteiger partial charge in [-0.3, -0.25) is 4.79 Å². The zero-order chi connectivity index (χ0) is 26.8. The van der Waals surface area contributed by atoms with E-state index < -0.39 is 34.5 Å². The number of halogens is 2. The largest absolute Gasteiger partial charge is 0.496 e. The number of fused-ring (bicyclic) bond motifs is 1. The van der Waals surface area contributed by atoms with Crippen LogP contribution in [0.2, 0.25) is 0 Å². The Morgan fingerprint density at radius 3 is 2.59 bits per heavy atom. The number of cyclic esters (lactones) is 1. The molecular formula is C29H29F2NO5. The number of ether oxygens (including phenoxy) is 2. The highest BCUT2D eigenvalue weighted by molar-refractivity contribution is 5.96. The Bertz CT molecular complexity index is 1340. The van der Waals surface area contributed by atoms with Gasteiger partial charge >= 0.3 is 5.97 Å². The fraction of sp³-hybridized carbons (Fsp3) is 0.310. The monoisotopic (exact) mass is 509 g/mol. The van der Waals surface area contributed by atoms with Gasteiger partial charge in [-0.15, -0.1) is 0 Å². The first-order valence-electron chi connectivity index (χ1n) is 11.9. The molecular weight excluding hydrogens is 480 g/mol. The molecule has 1 atom stereocenters. The van der Waals surface area contributed by atoms with Crippen LogP contribution in [0.3, 0.4) is 0 Å². The molecule has 4 rings (SSSR count). The maximum Gasteiger partial charge on any atom is 0.338 e. The Morgan fingerprint density at radius 2 is 1.86 bits per heavy atom. The van der Waals surface area contributed by atoms with Gasteiger partial charge in [-0.25, -0.2) is 13.6 Å². The van der Waals surface area contributed by atoms with Gasteiger partial charge in [0.05, 0.1) is 24.7 Å². The average Bonchev–Trinajstić information content (AvgIpc) is 3.19. The van der Waals surface area contributed by atoms with Crippen LogP contribution < -0.4 is 10.1 Å². The first-order chi connectivity index (χ1) is 17.5. The molecule has 0 saturated carbocycles. The van der Waals surface area contributed by atoms with Gasteiger partial charge in [0.25, 0.3) is 0 Å². The van der Waals surface area contributed by atoms with Crippen molar-refractivity contribution in [2.75, 3.05) is 12.4 Å². The van der Waals surface area contributed by atoms with Crippen molar-refractivity contribution in [1.82, 2.24) is 0 Å². The highest BCUT2D eigenvalue weighted by Crippen LogP contribution is 2.40. The Balaban J connectivity index is 1.61. The molecule has 6 nitrogen and oxygen atoms in total. The van der Waals surface area contributed by atoms with Crippen LogP contribution in [0.4, 0.5) is 14.5 Å². The third kappa shape index (κ3) is 5.97. The first-order valence-corrected chi connectivity index (χ1v) is 11.9. The predicted octanol–water partition coefficient (Wildman–Crippen LogP) is 5.31. The molecule has 8 heteroatoms. The lowest BCUT2D eigenvalue weighted by molar-refractivity contribution is -0.121. The molecule has 0 spiro atoms. The van der Waals surface area contributed by atoms with Crippen molar-refractivity contribution in [3.05, 3.63) is 94.6 Å². The zero-order valence-electron chi connectivity index (χ0n) is 20.9. The van der Waals surface area contributed by atoms with Crippen molar-refractivity contribution < 1.29 is 33.0 Å². The lowest BCUT2D eigenvalue weighted by Crippen LogP contribution is -2.42. The minimum atomic E-state index is -1.69. The molecule has 1 unspecified atom stereocenters. The fourth-order valence-corrected chi connectivity index (χ4v) is 5.03. The second-order valence-electron chi connectivity index (χ2n) is 10.1. The van der Waals surface area contributed by atoms with Crippen LogP contribution in [0.25, 0.3) is 0 Å². The predicted molar refractivity (Wildman–Crippen MR) is 134 cm³/mol. The summed E-state index contributed by atoms with van der Waals surface area (Å²) in [4.78, 5) is 24.8. The molecule has 37 heavy (non-hydrogen) atoms. The molecule has 0 radical (unpaired) electrons. The number of carbonyl (C=O) groups excluding carboxylic acids is 2. The van der Waals surface area contributed by atoms with Crippen LogP contribution >= 0.6 is 0 Å². The maximum atomic E-state index is 14.6. The van der Waals surface area contributed by atoms with E-state index in [1.165, 1.54) is 31.4 Å². The maximum absolute atomic E-state index is 14.6. The SMILES string of the molecule is COc1ccc(F)cc1C(C)(C)CC(O)(CC(=O)Nc1ccc2c(c1)COC2=O)Cc1ccccc1F. The number of methoxy groups -OCH3 is 1. The van der Waals surface area contributed by atoms with Crippen LogP contribution in [0, 0.1) is 11.6 Å². The van der Waals surface area contributed by atoms with Crippen molar-refractivity contribution in [1.29, 1.82) is 0 Å². The molecule has 0 aromatic heterocycles. The molecule has 0 bridgehead atoms. The third-order valence-corrected chi connectivity index (χ3v) is 6.60. The number of rotatable bonds is 9. The van der Waals surface area contributed by atoms with Crippen molar-refractivity contribution >= 4 is 17.6 Å². The quantitative estimate of drug-likeness (QED) is 0.382. The number of anilines is 1. The average molecular weight is 510 g/mol. The zero-order valence-corrected chi connectivity index (χ0v) is 20.9. The molecule has 0 fully saturated rings. The minimum absolute atomic E-state index is 0.00803. The second kappa shape index (κ2) is 10.3. The van der Waals surface area contributed by atoms with Gasteiger partial charge in [-0.1, -0.05) is 32.0 Å². The number of benzene rings is 3. The molecule has 1 amide bonds. The van der Waals surface area contributed by atoms with Crippen LogP contribution in [-0.2, 0) is 28.0 Å². The summed E-state index contributed by atoms with van der Waals surface area (Å²) < 4.78 is 39.1. The summed E-state index contributed by atoms with van der Waals surface area (Å²) >= 11 is 0. The van der Waals surface area contributed by atoms with E-state index in [9.17, 15) is 23.5 Å². The van der Waals surface area contributed by atoms with Gasteiger partial charge in [0, 0.05) is 23.2 Å². The number of amides is 1. The lowest BCUT2D eigenvalue weighted by Gasteiger charge is -2.37. The summed E-state index contributed by atoms with van der Waals surface area (Å²) in [5, 5.41) is 14.6. The van der Waals surface area contributed by atoms with E-state index >= 15 is 0 Å². The van der Waals surface area contributed by atoms with Gasteiger partial charge in [-0.2, -0.15) is 0 Å². The van der Waals surface area contributed by atoms with Gasteiger partial charge in [0.15, 0.2) is 0 Å². The van der Waals surface area contributed by atoms with Gasteiger partial charge < -0.3 is 19.9 Å². The van der Waals surface area contributed by atoms with Crippen LogP contribution in [-0.4, -0.2) is 29.7 Å². The van der Waals surface area contributed by atoms with Crippen LogP contribution in [0.15, 0.2) is 60.7 Å². The summed E-state index contributed by atoms with van der Waals surface area (Å²) in [7, 11) is 1.47. The summed E-state index contributed by atoms with van der Waals surface area (Å²) in [6, 6.07) is 15.0. The number of aliphatic hydroxyl groups is 1. The molecule has 0 aliphatic carbocycles. The van der Waals surface area contributed by atoms with E-state index in [-0.39, 0.29) is 31.4 Å². The summed E-state index contributed by atoms with van der Waals surface area (Å²) in [6.07, 6.45) is -0.482. The molecule has 0 saturated heterocycles. The Kier molecular flexibility index (Phi) is 7.32. The third-order valence-electron chi connectivity index (χ3n) is 6.60. The van der Waals surface area contributed by atoms with Gasteiger partial charge in [-0.05, 0) is 59.9 Å². The fourth-order valence-electron chi connectivity index (χ4n) is 5.03. The van der Waals surface area contributed by atoms with Gasteiger partial charge in [0.2, 0.25) is 5.91 Å². The molecule has 3 aromatic carbocycles. The number of hydrogen-bond acceptors (Lipinski definition) is 5. The molecule has 2 N–H and O–H groups in total. The molecule has 1 aliphatic rings. The number of hydrogen-bond donors (Lipinski definition) is 2. The minimum Gasteiger partial charge on any atom is -0.496 e. The van der Waals surface area contributed by atoms with E-state index in [2.05, 4.69) is 5.32 Å². The summed E-state index contributed by atoms with van der Waals surface area (Å²) in [5.74, 6) is -1.42. The van der Waals surface area contributed by atoms with Crippen molar-refractivity contribution in [2.24, 2.45) is 0 Å². The van der Waals surface area contributed by atoms with Crippen molar-refractivity contribution in [3.8, 4) is 5.75 Å². The number of nitrogens with one attached hydrogen (secondary N) is 1. The molecule has 1 aliphatic heterocycles. The summed E-state index contributed by atoms with van der Waals surface area (Å²) in [5.41, 5.74) is -0.217. The smallest absolute Gasteiger partial charge is 0.338 e. The number of carbonyl (C=O) groups is 2. The Hall–Kier alpha value is -3.78. The molecule has 1 heterocycles. The number of esters is 1. The first kappa shape index (κ1) is 26.3. The highest BCUT2D eigenvalue weighted by atomic mass is 19.1.